The summed E-state index contributed by atoms with van der Waals surface area (Å²) in [5.41, 5.74) is 4.65. The molecule has 0 saturated carbocycles. The van der Waals surface area contributed by atoms with Crippen molar-refractivity contribution >= 4 is 28.4 Å². The van der Waals surface area contributed by atoms with Crippen molar-refractivity contribution in [1.82, 2.24) is 15.4 Å². The Balaban J connectivity index is 1.92. The minimum atomic E-state index is -0.931. The number of hydrogen-bond acceptors (Lipinski definition) is 7. The van der Waals surface area contributed by atoms with Crippen LogP contribution >= 0.6 is 0 Å². The lowest BCUT2D eigenvalue weighted by Crippen LogP contribution is -2.41. The van der Waals surface area contributed by atoms with E-state index in [0.29, 0.717) is 10.9 Å². The van der Waals surface area contributed by atoms with Crippen LogP contribution in [0.25, 0.3) is 10.9 Å². The third kappa shape index (κ3) is 3.80. The predicted molar refractivity (Wildman–Crippen MR) is 111 cm³/mol. The number of nitro groups is 1. The quantitative estimate of drug-likeness (QED) is 0.454. The number of methoxy groups -OCH3 is 3. The molecule has 1 aromatic heterocycles. The van der Waals surface area contributed by atoms with Gasteiger partial charge in [-0.25, -0.2) is 0 Å². The van der Waals surface area contributed by atoms with Gasteiger partial charge in [0.2, 0.25) is 11.5 Å². The first-order valence-corrected chi connectivity index (χ1v) is 8.96. The smallest absolute Gasteiger partial charge is 0.327 e. The highest BCUT2D eigenvalue weighted by molar-refractivity contribution is 6.08. The number of hydrazine groups is 1. The Kier molecular flexibility index (Phi) is 5.95. The van der Waals surface area contributed by atoms with Gasteiger partial charge in [-0.2, -0.15) is 0 Å². The van der Waals surface area contributed by atoms with Gasteiger partial charge in [0.05, 0.1) is 31.8 Å². The van der Waals surface area contributed by atoms with Crippen LogP contribution in [0, 0.1) is 10.1 Å². The fourth-order valence-electron chi connectivity index (χ4n) is 3.27. The van der Waals surface area contributed by atoms with Crippen LogP contribution < -0.4 is 25.1 Å². The summed E-state index contributed by atoms with van der Waals surface area (Å²) in [6, 6.07) is 8.39. The zero-order chi connectivity index (χ0) is 22.7. The van der Waals surface area contributed by atoms with Gasteiger partial charge in [0, 0.05) is 30.2 Å². The van der Waals surface area contributed by atoms with E-state index >= 15 is 0 Å². The Morgan fingerprint density at radius 3 is 2.16 bits per heavy atom. The lowest BCUT2D eigenvalue weighted by molar-refractivity contribution is -0.386. The molecule has 2 N–H and O–H groups in total. The highest BCUT2D eigenvalue weighted by atomic mass is 16.6. The molecular formula is C20H20N4O7. The van der Waals surface area contributed by atoms with Crippen LogP contribution in [0.3, 0.4) is 0 Å². The summed E-state index contributed by atoms with van der Waals surface area (Å²) in [5, 5.41) is 12.3. The first kappa shape index (κ1) is 21.4. The molecule has 31 heavy (non-hydrogen) atoms. The number of carbonyl (C=O) groups excluding carboxylic acids is 2. The molecule has 3 aromatic rings. The number of nitrogens with one attached hydrogen (secondary N) is 2. The van der Waals surface area contributed by atoms with Crippen LogP contribution in [0.15, 0.2) is 36.5 Å². The lowest BCUT2D eigenvalue weighted by Gasteiger charge is -2.15. The Morgan fingerprint density at radius 2 is 1.58 bits per heavy atom. The van der Waals surface area contributed by atoms with E-state index in [9.17, 15) is 19.7 Å². The molecule has 11 heteroatoms. The van der Waals surface area contributed by atoms with Crippen LogP contribution in [-0.2, 0) is 7.05 Å². The summed E-state index contributed by atoms with van der Waals surface area (Å²) in [6.07, 6.45) is 1.62. The van der Waals surface area contributed by atoms with Gasteiger partial charge < -0.3 is 18.8 Å². The molecule has 0 spiro atoms. The second-order valence-electron chi connectivity index (χ2n) is 6.38. The molecule has 0 atom stereocenters. The summed E-state index contributed by atoms with van der Waals surface area (Å²) in [7, 11) is 5.59. The SMILES string of the molecule is COc1cc(C(=O)NNC(=O)c2cn(C)c3ccccc23)c([N+](=O)[O-])c(OC)c1OC. The Hall–Kier alpha value is -4.28. The van der Waals surface area contributed by atoms with E-state index in [1.807, 2.05) is 12.1 Å². The Labute approximate surface area is 176 Å². The second-order valence-corrected chi connectivity index (χ2v) is 6.38. The third-order valence-corrected chi connectivity index (χ3v) is 4.66. The van der Waals surface area contributed by atoms with Crippen molar-refractivity contribution in [2.24, 2.45) is 7.05 Å². The van der Waals surface area contributed by atoms with Crippen molar-refractivity contribution in [3.05, 3.63) is 57.8 Å². The number of aryl methyl sites for hydroxylation is 1. The number of ether oxygens (including phenoxy) is 3. The van der Waals surface area contributed by atoms with Crippen molar-refractivity contribution in [1.29, 1.82) is 0 Å². The molecule has 0 unspecified atom stereocenters. The normalized spacial score (nSPS) is 10.5. The molecule has 0 radical (unpaired) electrons. The maximum atomic E-state index is 12.7. The zero-order valence-corrected chi connectivity index (χ0v) is 17.2. The van der Waals surface area contributed by atoms with Gasteiger partial charge >= 0.3 is 5.69 Å². The number of nitro benzene ring substituents is 1. The van der Waals surface area contributed by atoms with Gasteiger partial charge in [0.15, 0.2) is 5.75 Å². The average molecular weight is 428 g/mol. The number of para-hydroxylation sites is 1. The van der Waals surface area contributed by atoms with E-state index in [-0.39, 0.29) is 22.8 Å². The zero-order valence-electron chi connectivity index (χ0n) is 17.2. The van der Waals surface area contributed by atoms with Gasteiger partial charge in [-0.1, -0.05) is 18.2 Å². The van der Waals surface area contributed by atoms with E-state index in [2.05, 4.69) is 10.9 Å². The Morgan fingerprint density at radius 1 is 0.968 bits per heavy atom. The van der Waals surface area contributed by atoms with E-state index in [1.54, 1.807) is 29.9 Å². The van der Waals surface area contributed by atoms with Crippen molar-refractivity contribution in [3.8, 4) is 17.2 Å². The van der Waals surface area contributed by atoms with Gasteiger partial charge in [0.25, 0.3) is 11.8 Å². The molecule has 3 rings (SSSR count). The largest absolute Gasteiger partial charge is 0.493 e. The van der Waals surface area contributed by atoms with E-state index in [4.69, 9.17) is 14.2 Å². The average Bonchev–Trinajstić information content (AvgIpc) is 3.12. The molecule has 2 aromatic carbocycles. The molecule has 0 aliphatic heterocycles. The molecule has 11 nitrogen and oxygen atoms in total. The van der Waals surface area contributed by atoms with Gasteiger partial charge in [-0.3, -0.25) is 30.6 Å². The molecule has 0 aliphatic rings. The molecular weight excluding hydrogens is 408 g/mol. The number of carbonyl (C=O) groups is 2. The van der Waals surface area contributed by atoms with Crippen LogP contribution in [-0.4, -0.2) is 42.6 Å². The van der Waals surface area contributed by atoms with Gasteiger partial charge in [-0.15, -0.1) is 0 Å². The second kappa shape index (κ2) is 8.61. The number of nitrogens with zero attached hydrogens (tertiary/aromatic N) is 2. The van der Waals surface area contributed by atoms with Crippen molar-refractivity contribution in [2.75, 3.05) is 21.3 Å². The molecule has 1 heterocycles. The van der Waals surface area contributed by atoms with E-state index < -0.39 is 22.4 Å². The van der Waals surface area contributed by atoms with Crippen LogP contribution in [0.1, 0.15) is 20.7 Å². The summed E-state index contributed by atoms with van der Waals surface area (Å²) >= 11 is 0. The summed E-state index contributed by atoms with van der Waals surface area (Å²) < 4.78 is 17.1. The predicted octanol–water partition coefficient (Wildman–Crippen LogP) is 2.19. The summed E-state index contributed by atoms with van der Waals surface area (Å²) in [6.45, 7) is 0. The van der Waals surface area contributed by atoms with Crippen molar-refractivity contribution < 1.29 is 28.7 Å². The van der Waals surface area contributed by atoms with Gasteiger partial charge in [-0.05, 0) is 6.07 Å². The molecule has 162 valence electrons. The van der Waals surface area contributed by atoms with Crippen LogP contribution in [0.4, 0.5) is 5.69 Å². The van der Waals surface area contributed by atoms with Crippen molar-refractivity contribution in [2.45, 2.75) is 0 Å². The first-order chi connectivity index (χ1) is 14.8. The lowest BCUT2D eigenvalue weighted by atomic mass is 10.1. The highest BCUT2D eigenvalue weighted by Crippen LogP contribution is 2.46. The molecule has 0 aliphatic carbocycles. The first-order valence-electron chi connectivity index (χ1n) is 8.96. The van der Waals surface area contributed by atoms with E-state index in [1.165, 1.54) is 21.3 Å². The van der Waals surface area contributed by atoms with Crippen LogP contribution in [0.2, 0.25) is 0 Å². The number of amides is 2. The molecule has 2 amide bonds. The van der Waals surface area contributed by atoms with Gasteiger partial charge in [0.1, 0.15) is 5.56 Å². The van der Waals surface area contributed by atoms with Crippen molar-refractivity contribution in [3.63, 3.8) is 0 Å². The number of rotatable bonds is 6. The minimum Gasteiger partial charge on any atom is -0.493 e. The fourth-order valence-corrected chi connectivity index (χ4v) is 3.27. The standard InChI is InChI=1S/C20H20N4O7/c1-23-10-13(11-7-5-6-8-14(11)23)20(26)22-21-19(25)12-9-15(29-2)17(30-3)18(31-4)16(12)24(27)28/h5-10H,1-4H3,(H,21,25)(H,22,26). The van der Waals surface area contributed by atoms with Crippen LogP contribution in [0.5, 0.6) is 17.2 Å². The highest BCUT2D eigenvalue weighted by Gasteiger charge is 2.32. The molecule has 0 saturated heterocycles. The number of fused-ring (bicyclic) bond motifs is 1. The maximum absolute atomic E-state index is 12.7. The molecule has 0 bridgehead atoms. The fraction of sp³-hybridized carbons (Fsp3) is 0.200. The third-order valence-electron chi connectivity index (χ3n) is 4.66. The minimum absolute atomic E-state index is 0.0342. The summed E-state index contributed by atoms with van der Waals surface area (Å²) in [5.74, 6) is -1.78. The number of aromatic nitrogens is 1. The summed E-state index contributed by atoms with van der Waals surface area (Å²) in [4.78, 5) is 36.2. The van der Waals surface area contributed by atoms with E-state index in [0.717, 1.165) is 11.6 Å². The monoisotopic (exact) mass is 428 g/mol. The maximum Gasteiger partial charge on any atom is 0.327 e. The number of benzene rings is 2. The topological polar surface area (TPSA) is 134 Å². The molecule has 0 fully saturated rings. The number of hydrogen-bond donors (Lipinski definition) is 2. The Bertz CT molecular complexity index is 1190.